The van der Waals surface area contributed by atoms with E-state index in [0.29, 0.717) is 0 Å². The predicted octanol–water partition coefficient (Wildman–Crippen LogP) is 0.203. The van der Waals surface area contributed by atoms with Crippen molar-refractivity contribution in [1.82, 2.24) is 14.8 Å². The van der Waals surface area contributed by atoms with E-state index in [0.717, 1.165) is 16.9 Å². The van der Waals surface area contributed by atoms with Gasteiger partial charge in [-0.15, -0.1) is 0 Å². The number of carboxylic acid groups (broad SMARTS) is 1. The summed E-state index contributed by atoms with van der Waals surface area (Å²) < 4.78 is 14.7. The van der Waals surface area contributed by atoms with E-state index >= 15 is 0 Å². The third kappa shape index (κ3) is 1.90. The first kappa shape index (κ1) is 11.7. The molecule has 0 unspecified atom stereocenters. The SMILES string of the molecule is NC(=O)c1ccn(-c2nccc(C(=O)O)c2F)n1. The van der Waals surface area contributed by atoms with E-state index in [9.17, 15) is 14.0 Å². The van der Waals surface area contributed by atoms with Crippen LogP contribution in [0.5, 0.6) is 0 Å². The second kappa shape index (κ2) is 4.24. The fourth-order valence-electron chi connectivity index (χ4n) is 1.33. The fourth-order valence-corrected chi connectivity index (χ4v) is 1.33. The van der Waals surface area contributed by atoms with Gasteiger partial charge in [-0.3, -0.25) is 4.79 Å². The average Bonchev–Trinajstić information content (AvgIpc) is 2.78. The number of pyridine rings is 1. The highest BCUT2D eigenvalue weighted by Gasteiger charge is 2.17. The minimum absolute atomic E-state index is 0.0723. The van der Waals surface area contributed by atoms with Crippen molar-refractivity contribution in [2.24, 2.45) is 5.73 Å². The van der Waals surface area contributed by atoms with Crippen LogP contribution in [0, 0.1) is 5.82 Å². The molecule has 0 atom stereocenters. The Kier molecular flexibility index (Phi) is 2.76. The molecular formula is C10H7FN4O3. The van der Waals surface area contributed by atoms with Crippen molar-refractivity contribution in [1.29, 1.82) is 0 Å². The molecule has 3 N–H and O–H groups in total. The third-order valence-electron chi connectivity index (χ3n) is 2.16. The van der Waals surface area contributed by atoms with Gasteiger partial charge in [0.05, 0.1) is 0 Å². The number of rotatable bonds is 3. The van der Waals surface area contributed by atoms with Crippen LogP contribution in [0.1, 0.15) is 20.8 Å². The van der Waals surface area contributed by atoms with Gasteiger partial charge in [-0.1, -0.05) is 0 Å². The Hall–Kier alpha value is -2.77. The Bertz CT molecular complexity index is 638. The van der Waals surface area contributed by atoms with Crippen LogP contribution in [-0.4, -0.2) is 31.7 Å². The number of primary amides is 1. The number of aromatic carboxylic acids is 1. The lowest BCUT2D eigenvalue weighted by atomic mass is 10.2. The lowest BCUT2D eigenvalue weighted by Gasteiger charge is -2.03. The molecule has 0 fully saturated rings. The van der Waals surface area contributed by atoms with Crippen LogP contribution in [-0.2, 0) is 0 Å². The molecule has 0 aliphatic heterocycles. The standard InChI is InChI=1S/C10H7FN4O3/c11-7-5(10(17)18)1-3-13-9(7)15-4-2-6(14-15)8(12)16/h1-4H,(H2,12,16)(H,17,18). The third-order valence-corrected chi connectivity index (χ3v) is 2.16. The Balaban J connectivity index is 2.53. The van der Waals surface area contributed by atoms with Gasteiger partial charge in [-0.25, -0.2) is 18.9 Å². The lowest BCUT2D eigenvalue weighted by molar-refractivity contribution is 0.0691. The van der Waals surface area contributed by atoms with Crippen LogP contribution in [0.2, 0.25) is 0 Å². The molecule has 8 heteroatoms. The van der Waals surface area contributed by atoms with Gasteiger partial charge in [0, 0.05) is 12.4 Å². The summed E-state index contributed by atoms with van der Waals surface area (Å²) in [4.78, 5) is 25.3. The molecule has 2 aromatic heterocycles. The number of nitrogens with zero attached hydrogens (tertiary/aromatic N) is 3. The Morgan fingerprint density at radius 2 is 2.11 bits per heavy atom. The Morgan fingerprint density at radius 3 is 2.67 bits per heavy atom. The van der Waals surface area contributed by atoms with Crippen molar-refractivity contribution in [3.63, 3.8) is 0 Å². The van der Waals surface area contributed by atoms with E-state index in [1.807, 2.05) is 0 Å². The number of carbonyl (C=O) groups is 2. The molecule has 2 heterocycles. The van der Waals surface area contributed by atoms with Crippen LogP contribution in [0.3, 0.4) is 0 Å². The molecule has 1 amide bonds. The summed E-state index contributed by atoms with van der Waals surface area (Å²) in [6, 6.07) is 2.30. The van der Waals surface area contributed by atoms with Gasteiger partial charge in [0.15, 0.2) is 11.6 Å². The maximum Gasteiger partial charge on any atom is 0.338 e. The topological polar surface area (TPSA) is 111 Å². The first-order valence-electron chi connectivity index (χ1n) is 4.74. The molecule has 18 heavy (non-hydrogen) atoms. The maximum absolute atomic E-state index is 13.8. The van der Waals surface area contributed by atoms with Crippen molar-refractivity contribution in [3.8, 4) is 5.82 Å². The minimum Gasteiger partial charge on any atom is -0.478 e. The first-order chi connectivity index (χ1) is 8.50. The summed E-state index contributed by atoms with van der Waals surface area (Å²) in [6.45, 7) is 0. The van der Waals surface area contributed by atoms with E-state index in [-0.39, 0.29) is 11.5 Å². The monoisotopic (exact) mass is 250 g/mol. The number of hydrogen-bond acceptors (Lipinski definition) is 4. The quantitative estimate of drug-likeness (QED) is 0.808. The number of aromatic nitrogens is 3. The highest BCUT2D eigenvalue weighted by Crippen LogP contribution is 2.14. The number of nitrogens with two attached hydrogens (primary N) is 1. The van der Waals surface area contributed by atoms with E-state index in [2.05, 4.69) is 10.1 Å². The number of halogens is 1. The largest absolute Gasteiger partial charge is 0.478 e. The molecule has 0 radical (unpaired) electrons. The molecule has 0 saturated heterocycles. The highest BCUT2D eigenvalue weighted by atomic mass is 19.1. The van der Waals surface area contributed by atoms with E-state index in [4.69, 9.17) is 10.8 Å². The van der Waals surface area contributed by atoms with Gasteiger partial charge in [-0.2, -0.15) is 5.10 Å². The van der Waals surface area contributed by atoms with Gasteiger partial charge in [-0.05, 0) is 12.1 Å². The zero-order chi connectivity index (χ0) is 13.3. The van der Waals surface area contributed by atoms with Crippen LogP contribution >= 0.6 is 0 Å². The van der Waals surface area contributed by atoms with Crippen LogP contribution in [0.25, 0.3) is 5.82 Å². The van der Waals surface area contributed by atoms with Gasteiger partial charge in [0.2, 0.25) is 0 Å². The van der Waals surface area contributed by atoms with E-state index in [1.54, 1.807) is 0 Å². The smallest absolute Gasteiger partial charge is 0.338 e. The summed E-state index contributed by atoms with van der Waals surface area (Å²) in [5, 5.41) is 12.4. The van der Waals surface area contributed by atoms with Gasteiger partial charge < -0.3 is 10.8 Å². The zero-order valence-electron chi connectivity index (χ0n) is 8.87. The molecule has 2 aromatic rings. The first-order valence-corrected chi connectivity index (χ1v) is 4.74. The van der Waals surface area contributed by atoms with Crippen LogP contribution in [0.4, 0.5) is 4.39 Å². The molecule has 0 aliphatic carbocycles. The summed E-state index contributed by atoms with van der Waals surface area (Å²) in [6.07, 6.45) is 2.39. The van der Waals surface area contributed by atoms with E-state index < -0.39 is 23.3 Å². The Labute approximate surface area is 99.7 Å². The summed E-state index contributed by atoms with van der Waals surface area (Å²) in [5.41, 5.74) is 4.39. The van der Waals surface area contributed by atoms with E-state index in [1.165, 1.54) is 12.3 Å². The molecule has 0 spiro atoms. The normalized spacial score (nSPS) is 10.3. The molecule has 0 aromatic carbocycles. The lowest BCUT2D eigenvalue weighted by Crippen LogP contribution is -2.13. The fraction of sp³-hybridized carbons (Fsp3) is 0. The number of amides is 1. The van der Waals surface area contributed by atoms with Crippen LogP contribution < -0.4 is 5.73 Å². The van der Waals surface area contributed by atoms with Gasteiger partial charge in [0.1, 0.15) is 11.3 Å². The summed E-state index contributed by atoms with van der Waals surface area (Å²) in [7, 11) is 0. The van der Waals surface area contributed by atoms with Crippen molar-refractivity contribution < 1.29 is 19.1 Å². The second-order valence-electron chi connectivity index (χ2n) is 3.31. The molecule has 0 aliphatic rings. The molecule has 0 bridgehead atoms. The molecule has 0 saturated carbocycles. The van der Waals surface area contributed by atoms with Gasteiger partial charge >= 0.3 is 5.97 Å². The van der Waals surface area contributed by atoms with Crippen molar-refractivity contribution in [2.45, 2.75) is 0 Å². The summed E-state index contributed by atoms with van der Waals surface area (Å²) >= 11 is 0. The van der Waals surface area contributed by atoms with Crippen molar-refractivity contribution in [2.75, 3.05) is 0 Å². The Morgan fingerprint density at radius 1 is 1.39 bits per heavy atom. The minimum atomic E-state index is -1.42. The zero-order valence-corrected chi connectivity index (χ0v) is 8.87. The van der Waals surface area contributed by atoms with Crippen molar-refractivity contribution in [3.05, 3.63) is 41.6 Å². The molecule has 7 nitrogen and oxygen atoms in total. The highest BCUT2D eigenvalue weighted by molar-refractivity contribution is 5.90. The second-order valence-corrected chi connectivity index (χ2v) is 3.31. The molecular weight excluding hydrogens is 243 g/mol. The maximum atomic E-state index is 13.8. The average molecular weight is 250 g/mol. The van der Waals surface area contributed by atoms with Crippen LogP contribution in [0.15, 0.2) is 24.5 Å². The molecule has 2 rings (SSSR count). The predicted molar refractivity (Wildman–Crippen MR) is 56.8 cm³/mol. The van der Waals surface area contributed by atoms with Crippen molar-refractivity contribution >= 4 is 11.9 Å². The molecule has 92 valence electrons. The van der Waals surface area contributed by atoms with Gasteiger partial charge in [0.25, 0.3) is 5.91 Å². The number of hydrogen-bond donors (Lipinski definition) is 2. The number of carbonyl (C=O) groups excluding carboxylic acids is 1. The number of carboxylic acids is 1. The summed E-state index contributed by atoms with van der Waals surface area (Å²) in [5.74, 6) is -3.55.